The van der Waals surface area contributed by atoms with Gasteiger partial charge in [0, 0.05) is 49.4 Å². The molecule has 0 aliphatic carbocycles. The largest absolute Gasteiger partial charge is 0.477 e. The number of rotatable bonds is 2. The number of carbonyl (C=O) groups excluding carboxylic acids is 1. The van der Waals surface area contributed by atoms with E-state index in [1.54, 1.807) is 23.0 Å². The van der Waals surface area contributed by atoms with E-state index in [1.807, 2.05) is 32.2 Å². The van der Waals surface area contributed by atoms with E-state index in [4.69, 9.17) is 18.8 Å². The summed E-state index contributed by atoms with van der Waals surface area (Å²) in [6.45, 7) is 8.29. The van der Waals surface area contributed by atoms with Crippen molar-refractivity contribution < 1.29 is 18.5 Å². The minimum atomic E-state index is -2.37. The van der Waals surface area contributed by atoms with Crippen LogP contribution >= 0.6 is 0 Å². The number of amides is 1. The first-order valence-electron chi connectivity index (χ1n) is 15.2. The van der Waals surface area contributed by atoms with Gasteiger partial charge in [0.05, 0.1) is 69.8 Å². The fourth-order valence-corrected chi connectivity index (χ4v) is 8.08. The van der Waals surface area contributed by atoms with Crippen molar-refractivity contribution >= 4 is 38.3 Å². The van der Waals surface area contributed by atoms with Gasteiger partial charge in [0.25, 0.3) is 5.91 Å². The fourth-order valence-electron chi connectivity index (χ4n) is 6.15. The van der Waals surface area contributed by atoms with Crippen molar-refractivity contribution in [1.82, 2.24) is 29.2 Å². The molecule has 1 amide bonds. The number of carbonyl (C=O) groups is 1. The quantitative estimate of drug-likeness (QED) is 0.357. The van der Waals surface area contributed by atoms with E-state index in [0.717, 1.165) is 55.7 Å². The number of aryl methyl sites for hydroxylation is 2. The standard InChI is InChI=1S/C31H38N8O4S/c1-20-5-4-10-43-30-25(16-32-37(30)3)27-14-22(13-21(2)33-27)29(40)35-31-34-26-7-6-23(15-28(26)39(31)17-20)36-44(41)11-8-38(9-12-44)24-18-42-19-24/h6-7,13-16,20,24H,4-5,8-12,17-19H2,1-3H3,(H,34,35,40)/t20-/m1/s1. The normalized spacial score (nSPS) is 21.2. The Kier molecular flexibility index (Phi) is 7.63. The Morgan fingerprint density at radius 2 is 1.93 bits per heavy atom. The molecule has 0 unspecified atom stereocenters. The molecular formula is C31H38N8O4S. The second-order valence-electron chi connectivity index (χ2n) is 12.1. The molecule has 3 aromatic heterocycles. The Morgan fingerprint density at radius 3 is 2.70 bits per heavy atom. The maximum absolute atomic E-state index is 13.7. The minimum absolute atomic E-state index is 0.268. The maximum atomic E-state index is 13.7. The molecule has 232 valence electrons. The van der Waals surface area contributed by atoms with Crippen LogP contribution in [-0.4, -0.2) is 89.8 Å². The Labute approximate surface area is 256 Å². The van der Waals surface area contributed by atoms with Crippen LogP contribution in [0.1, 0.15) is 35.8 Å². The molecule has 44 heavy (non-hydrogen) atoms. The number of hydrogen-bond donors (Lipinski definition) is 1. The molecule has 4 aromatic rings. The zero-order valence-corrected chi connectivity index (χ0v) is 26.2. The smallest absolute Gasteiger partial charge is 0.258 e. The van der Waals surface area contributed by atoms with Gasteiger partial charge in [-0.15, -0.1) is 0 Å². The van der Waals surface area contributed by atoms with E-state index in [-0.39, 0.29) is 11.8 Å². The molecule has 2 bridgehead atoms. The Morgan fingerprint density at radius 1 is 1.11 bits per heavy atom. The summed E-state index contributed by atoms with van der Waals surface area (Å²) in [5.41, 5.74) is 4.83. The van der Waals surface area contributed by atoms with Gasteiger partial charge in [0.1, 0.15) is 0 Å². The molecule has 1 aromatic carbocycles. The molecule has 2 fully saturated rings. The molecular weight excluding hydrogens is 580 g/mol. The number of ether oxygens (including phenoxy) is 2. The van der Waals surface area contributed by atoms with E-state index in [9.17, 15) is 9.00 Å². The average Bonchev–Trinajstić information content (AvgIpc) is 3.49. The van der Waals surface area contributed by atoms with Gasteiger partial charge < -0.3 is 14.0 Å². The average molecular weight is 619 g/mol. The molecule has 0 spiro atoms. The summed E-state index contributed by atoms with van der Waals surface area (Å²) in [7, 11) is -0.527. The molecule has 1 N–H and O–H groups in total. The highest BCUT2D eigenvalue weighted by Gasteiger charge is 2.30. The lowest BCUT2D eigenvalue weighted by molar-refractivity contribution is -0.0618. The zero-order chi connectivity index (χ0) is 30.4. The highest BCUT2D eigenvalue weighted by molar-refractivity contribution is 7.93. The van der Waals surface area contributed by atoms with E-state index in [2.05, 4.69) is 31.8 Å². The van der Waals surface area contributed by atoms with E-state index in [0.29, 0.717) is 65.2 Å². The summed E-state index contributed by atoms with van der Waals surface area (Å²) >= 11 is 0. The van der Waals surface area contributed by atoms with Crippen LogP contribution in [0.3, 0.4) is 0 Å². The molecule has 3 aliphatic heterocycles. The fraction of sp³-hybridized carbons (Fsp3) is 0.484. The molecule has 12 nitrogen and oxygen atoms in total. The molecule has 0 radical (unpaired) electrons. The highest BCUT2D eigenvalue weighted by atomic mass is 32.2. The second kappa shape index (κ2) is 11.6. The SMILES string of the molecule is Cc1cc2cc(n1)-c1cnn(C)c1OCCC[C@@H](C)Cn1c(nc3ccc(N=S4(=O)CCN(C5COC5)CC4)cc31)NC2=O. The Bertz CT molecular complexity index is 1840. The van der Waals surface area contributed by atoms with Gasteiger partial charge >= 0.3 is 0 Å². The topological polar surface area (TPSA) is 129 Å². The van der Waals surface area contributed by atoms with Gasteiger partial charge in [-0.05, 0) is 56.0 Å². The third kappa shape index (κ3) is 5.71. The number of hydrogen-bond acceptors (Lipinski definition) is 9. The van der Waals surface area contributed by atoms with E-state index >= 15 is 0 Å². The molecule has 1 atom stereocenters. The third-order valence-corrected chi connectivity index (χ3v) is 10.9. The summed E-state index contributed by atoms with van der Waals surface area (Å²) in [5, 5.41) is 7.45. The lowest BCUT2D eigenvalue weighted by Crippen LogP contribution is -2.54. The van der Waals surface area contributed by atoms with Crippen LogP contribution in [0.5, 0.6) is 5.88 Å². The van der Waals surface area contributed by atoms with Gasteiger partial charge in [-0.1, -0.05) is 6.92 Å². The highest BCUT2D eigenvalue weighted by Crippen LogP contribution is 2.32. The first kappa shape index (κ1) is 28.9. The van der Waals surface area contributed by atoms with Crippen molar-refractivity contribution in [2.24, 2.45) is 17.3 Å². The van der Waals surface area contributed by atoms with Crippen molar-refractivity contribution in [2.45, 2.75) is 39.3 Å². The maximum Gasteiger partial charge on any atom is 0.258 e. The summed E-state index contributed by atoms with van der Waals surface area (Å²) in [4.78, 5) is 25.5. The van der Waals surface area contributed by atoms with Crippen LogP contribution in [0.2, 0.25) is 0 Å². The first-order chi connectivity index (χ1) is 21.2. The van der Waals surface area contributed by atoms with E-state index < -0.39 is 9.73 Å². The molecule has 6 heterocycles. The van der Waals surface area contributed by atoms with Crippen LogP contribution in [0.15, 0.2) is 40.9 Å². The van der Waals surface area contributed by atoms with Gasteiger partial charge in [0.15, 0.2) is 0 Å². The van der Waals surface area contributed by atoms with Gasteiger partial charge in [-0.3, -0.25) is 20.0 Å². The zero-order valence-electron chi connectivity index (χ0n) is 25.4. The third-order valence-electron chi connectivity index (χ3n) is 8.71. The van der Waals surface area contributed by atoms with Crippen molar-refractivity contribution in [2.75, 3.05) is 49.7 Å². The molecule has 13 heteroatoms. The molecule has 2 saturated heterocycles. The Hall–Kier alpha value is -3.81. The van der Waals surface area contributed by atoms with Gasteiger partial charge in [-0.2, -0.15) is 9.46 Å². The van der Waals surface area contributed by atoms with Crippen molar-refractivity contribution in [3.05, 3.63) is 47.8 Å². The Balaban J connectivity index is 1.23. The lowest BCUT2D eigenvalue weighted by atomic mass is 10.1. The van der Waals surface area contributed by atoms with Crippen LogP contribution in [0, 0.1) is 12.8 Å². The van der Waals surface area contributed by atoms with E-state index in [1.165, 1.54) is 0 Å². The predicted molar refractivity (Wildman–Crippen MR) is 169 cm³/mol. The molecule has 0 saturated carbocycles. The number of aromatic nitrogens is 5. The summed E-state index contributed by atoms with van der Waals surface area (Å²) in [6, 6.07) is 9.71. The number of fused-ring (bicyclic) bond motifs is 7. The van der Waals surface area contributed by atoms with Crippen molar-refractivity contribution in [3.63, 3.8) is 0 Å². The number of nitrogens with zero attached hydrogens (tertiary/aromatic N) is 7. The van der Waals surface area contributed by atoms with Crippen LogP contribution in [0.25, 0.3) is 22.3 Å². The molecule has 7 rings (SSSR count). The minimum Gasteiger partial charge on any atom is -0.477 e. The summed E-state index contributed by atoms with van der Waals surface area (Å²) in [6.07, 6.45) is 3.48. The monoisotopic (exact) mass is 618 g/mol. The number of benzene rings is 1. The molecule has 3 aliphatic rings. The summed E-state index contributed by atoms with van der Waals surface area (Å²) in [5.74, 6) is 2.19. The second-order valence-corrected chi connectivity index (χ2v) is 14.7. The first-order valence-corrected chi connectivity index (χ1v) is 17.1. The van der Waals surface area contributed by atoms with Crippen LogP contribution < -0.4 is 10.1 Å². The lowest BCUT2D eigenvalue weighted by Gasteiger charge is -2.39. The predicted octanol–water partition coefficient (Wildman–Crippen LogP) is 4.02. The number of pyridine rings is 1. The van der Waals surface area contributed by atoms with Crippen LogP contribution in [-0.2, 0) is 28.1 Å². The number of nitrogens with one attached hydrogen (secondary N) is 1. The van der Waals surface area contributed by atoms with Gasteiger partial charge in [-0.25, -0.2) is 13.9 Å². The van der Waals surface area contributed by atoms with Crippen molar-refractivity contribution in [3.8, 4) is 17.1 Å². The van der Waals surface area contributed by atoms with Gasteiger partial charge in [0.2, 0.25) is 11.8 Å². The van der Waals surface area contributed by atoms with Crippen LogP contribution in [0.4, 0.5) is 11.6 Å². The number of imidazole rings is 1. The number of anilines is 1. The van der Waals surface area contributed by atoms with Crippen molar-refractivity contribution in [1.29, 1.82) is 0 Å². The summed E-state index contributed by atoms with van der Waals surface area (Å²) < 4.78 is 33.8.